The number of H-pyrrole nitrogens is 1. The summed E-state index contributed by atoms with van der Waals surface area (Å²) >= 11 is 17.4. The van der Waals surface area contributed by atoms with Gasteiger partial charge in [-0.25, -0.2) is 5.10 Å². The molecule has 3 rings (SSSR count). The quantitative estimate of drug-likeness (QED) is 0.523. The molecule has 0 saturated heterocycles. The maximum atomic E-state index is 6.17. The number of halogens is 2. The molecule has 0 radical (unpaired) electrons. The summed E-state index contributed by atoms with van der Waals surface area (Å²) in [6.45, 7) is 0. The standard InChI is InChI=1S/C16H12Cl2N4OS/c1-23-12-7-5-10(6-8-12)15-20-21-16(24)22(15)19-9-11-3-2-4-13(17)14(11)18/h2-9H,1H3,(H,21,24)/b19-9+. The molecule has 3 aromatic rings. The lowest BCUT2D eigenvalue weighted by molar-refractivity contribution is 0.415. The van der Waals surface area contributed by atoms with Crippen molar-refractivity contribution >= 4 is 41.6 Å². The number of nitrogens with zero attached hydrogens (tertiary/aromatic N) is 3. The molecule has 8 heteroatoms. The van der Waals surface area contributed by atoms with E-state index < -0.39 is 0 Å². The normalized spacial score (nSPS) is 11.1. The van der Waals surface area contributed by atoms with Crippen LogP contribution in [0.3, 0.4) is 0 Å². The second-order valence-electron chi connectivity index (χ2n) is 4.78. The predicted molar refractivity (Wildman–Crippen MR) is 98.9 cm³/mol. The minimum atomic E-state index is 0.371. The summed E-state index contributed by atoms with van der Waals surface area (Å²) in [6.07, 6.45) is 1.59. The zero-order chi connectivity index (χ0) is 17.1. The Hall–Kier alpha value is -2.15. The number of aromatic amines is 1. The van der Waals surface area contributed by atoms with Gasteiger partial charge in [0, 0.05) is 11.1 Å². The second-order valence-corrected chi connectivity index (χ2v) is 5.95. The molecule has 0 amide bonds. The highest BCUT2D eigenvalue weighted by molar-refractivity contribution is 7.71. The largest absolute Gasteiger partial charge is 0.497 e. The molecule has 0 saturated carbocycles. The summed E-state index contributed by atoms with van der Waals surface area (Å²) in [7, 11) is 1.62. The van der Waals surface area contributed by atoms with Crippen LogP contribution < -0.4 is 4.74 Å². The number of benzene rings is 2. The van der Waals surface area contributed by atoms with Gasteiger partial charge in [-0.1, -0.05) is 35.3 Å². The average Bonchev–Trinajstić information content (AvgIpc) is 2.97. The molecule has 0 spiro atoms. The molecule has 122 valence electrons. The Kier molecular flexibility index (Phi) is 4.99. The number of ether oxygens (including phenoxy) is 1. The third kappa shape index (κ3) is 3.36. The van der Waals surface area contributed by atoms with Gasteiger partial charge in [-0.15, -0.1) is 0 Å². The van der Waals surface area contributed by atoms with Crippen molar-refractivity contribution in [1.29, 1.82) is 0 Å². The summed E-state index contributed by atoms with van der Waals surface area (Å²) in [5, 5.41) is 12.2. The van der Waals surface area contributed by atoms with Gasteiger partial charge in [0.1, 0.15) is 5.75 Å². The van der Waals surface area contributed by atoms with E-state index in [1.165, 1.54) is 4.68 Å². The minimum absolute atomic E-state index is 0.371. The molecule has 0 atom stereocenters. The van der Waals surface area contributed by atoms with Crippen LogP contribution in [-0.4, -0.2) is 28.2 Å². The summed E-state index contributed by atoms with van der Waals surface area (Å²) in [6, 6.07) is 12.8. The van der Waals surface area contributed by atoms with Gasteiger partial charge in [0.25, 0.3) is 0 Å². The number of methoxy groups -OCH3 is 1. The molecular weight excluding hydrogens is 367 g/mol. The molecule has 0 fully saturated rings. The molecule has 5 nitrogen and oxygen atoms in total. The summed E-state index contributed by atoms with van der Waals surface area (Å²) in [4.78, 5) is 0. The molecule has 0 aliphatic carbocycles. The van der Waals surface area contributed by atoms with E-state index in [-0.39, 0.29) is 0 Å². The van der Waals surface area contributed by atoms with Crippen LogP contribution in [-0.2, 0) is 0 Å². The first kappa shape index (κ1) is 16.7. The van der Waals surface area contributed by atoms with Gasteiger partial charge in [-0.2, -0.15) is 14.9 Å². The minimum Gasteiger partial charge on any atom is -0.497 e. The van der Waals surface area contributed by atoms with Crippen LogP contribution in [0.15, 0.2) is 47.6 Å². The molecule has 1 aromatic heterocycles. The Bertz CT molecular complexity index is 947. The van der Waals surface area contributed by atoms with Crippen LogP contribution in [0.1, 0.15) is 5.56 Å². The number of aromatic nitrogens is 3. The molecule has 1 heterocycles. The lowest BCUT2D eigenvalue weighted by Gasteiger charge is -2.03. The van der Waals surface area contributed by atoms with Crippen molar-refractivity contribution in [1.82, 2.24) is 14.9 Å². The van der Waals surface area contributed by atoms with Crippen molar-refractivity contribution in [3.8, 4) is 17.1 Å². The molecular formula is C16H12Cl2N4OS. The van der Waals surface area contributed by atoms with Gasteiger partial charge in [0.2, 0.25) is 4.77 Å². The van der Waals surface area contributed by atoms with Crippen LogP contribution in [0, 0.1) is 4.77 Å². The van der Waals surface area contributed by atoms with E-state index in [1.54, 1.807) is 25.5 Å². The molecule has 24 heavy (non-hydrogen) atoms. The van der Waals surface area contributed by atoms with E-state index in [1.807, 2.05) is 30.3 Å². The fourth-order valence-electron chi connectivity index (χ4n) is 2.07. The average molecular weight is 379 g/mol. The fourth-order valence-corrected chi connectivity index (χ4v) is 2.60. The van der Waals surface area contributed by atoms with Gasteiger partial charge in [0.05, 0.1) is 23.4 Å². The summed E-state index contributed by atoms with van der Waals surface area (Å²) in [5.41, 5.74) is 1.53. The van der Waals surface area contributed by atoms with Gasteiger partial charge in [0.15, 0.2) is 5.82 Å². The smallest absolute Gasteiger partial charge is 0.216 e. The Balaban J connectivity index is 1.99. The topological polar surface area (TPSA) is 55.2 Å². The number of nitrogens with one attached hydrogen (secondary N) is 1. The molecule has 0 unspecified atom stereocenters. The van der Waals surface area contributed by atoms with Crippen LogP contribution >= 0.6 is 35.4 Å². The van der Waals surface area contributed by atoms with E-state index in [9.17, 15) is 0 Å². The zero-order valence-corrected chi connectivity index (χ0v) is 14.9. The predicted octanol–water partition coefficient (Wildman–Crippen LogP) is 4.81. The molecule has 0 bridgehead atoms. The van der Waals surface area contributed by atoms with Crippen molar-refractivity contribution in [2.45, 2.75) is 0 Å². The van der Waals surface area contributed by atoms with Crippen molar-refractivity contribution < 1.29 is 4.74 Å². The maximum absolute atomic E-state index is 6.17. The lowest BCUT2D eigenvalue weighted by Crippen LogP contribution is -1.95. The highest BCUT2D eigenvalue weighted by atomic mass is 35.5. The van der Waals surface area contributed by atoms with Gasteiger partial charge in [-0.3, -0.25) is 0 Å². The number of hydrogen-bond donors (Lipinski definition) is 1. The van der Waals surface area contributed by atoms with Crippen molar-refractivity contribution in [3.05, 3.63) is 62.8 Å². The van der Waals surface area contributed by atoms with Crippen molar-refractivity contribution in [2.24, 2.45) is 5.10 Å². The summed E-state index contributed by atoms with van der Waals surface area (Å²) < 4.78 is 7.05. The first-order valence-electron chi connectivity index (χ1n) is 6.90. The summed E-state index contributed by atoms with van der Waals surface area (Å²) in [5.74, 6) is 1.34. The van der Waals surface area contributed by atoms with Gasteiger partial charge < -0.3 is 4.74 Å². The number of hydrogen-bond acceptors (Lipinski definition) is 4. The van der Waals surface area contributed by atoms with Crippen molar-refractivity contribution in [2.75, 3.05) is 7.11 Å². The Morgan fingerprint density at radius 1 is 1.21 bits per heavy atom. The molecule has 0 aliphatic heterocycles. The third-order valence-corrected chi connectivity index (χ3v) is 4.39. The van der Waals surface area contributed by atoms with E-state index in [4.69, 9.17) is 40.2 Å². The molecule has 1 N–H and O–H groups in total. The second kappa shape index (κ2) is 7.17. The Morgan fingerprint density at radius 2 is 1.96 bits per heavy atom. The zero-order valence-electron chi connectivity index (χ0n) is 12.5. The van der Waals surface area contributed by atoms with Gasteiger partial charge in [-0.05, 0) is 42.5 Å². The third-order valence-electron chi connectivity index (χ3n) is 3.29. The van der Waals surface area contributed by atoms with Crippen LogP contribution in [0.5, 0.6) is 5.75 Å². The number of rotatable bonds is 4. The first-order valence-corrected chi connectivity index (χ1v) is 8.07. The first-order chi connectivity index (χ1) is 11.6. The monoisotopic (exact) mass is 378 g/mol. The van der Waals surface area contributed by atoms with E-state index in [2.05, 4.69) is 15.3 Å². The van der Waals surface area contributed by atoms with E-state index >= 15 is 0 Å². The van der Waals surface area contributed by atoms with E-state index in [0.29, 0.717) is 26.2 Å². The Morgan fingerprint density at radius 3 is 2.67 bits per heavy atom. The molecule has 0 aliphatic rings. The van der Waals surface area contributed by atoms with Crippen LogP contribution in [0.4, 0.5) is 0 Å². The van der Waals surface area contributed by atoms with Crippen LogP contribution in [0.25, 0.3) is 11.4 Å². The van der Waals surface area contributed by atoms with Gasteiger partial charge >= 0.3 is 0 Å². The van der Waals surface area contributed by atoms with Crippen LogP contribution in [0.2, 0.25) is 10.0 Å². The van der Waals surface area contributed by atoms with E-state index in [0.717, 1.165) is 11.3 Å². The maximum Gasteiger partial charge on any atom is 0.216 e. The lowest BCUT2D eigenvalue weighted by atomic mass is 10.2. The van der Waals surface area contributed by atoms with Crippen molar-refractivity contribution in [3.63, 3.8) is 0 Å². The molecule has 2 aromatic carbocycles. The highest BCUT2D eigenvalue weighted by Crippen LogP contribution is 2.25. The SMILES string of the molecule is COc1ccc(-c2n[nH]c(=S)n2/N=C/c2cccc(Cl)c2Cl)cc1. The Labute approximate surface area is 153 Å². The fraction of sp³-hybridized carbons (Fsp3) is 0.0625. The highest BCUT2D eigenvalue weighted by Gasteiger charge is 2.09.